The van der Waals surface area contributed by atoms with E-state index in [2.05, 4.69) is 11.9 Å². The smallest absolute Gasteiger partial charge is 0.315 e. The number of benzene rings is 1. The van der Waals surface area contributed by atoms with E-state index in [0.717, 1.165) is 42.7 Å². The van der Waals surface area contributed by atoms with Crippen molar-refractivity contribution in [1.29, 1.82) is 0 Å². The van der Waals surface area contributed by atoms with Crippen LogP contribution in [0.25, 0.3) is 0 Å². The second-order valence-corrected chi connectivity index (χ2v) is 7.14. The van der Waals surface area contributed by atoms with Gasteiger partial charge in [0.15, 0.2) is 5.78 Å². The normalized spacial score (nSPS) is 22.2. The lowest BCUT2D eigenvalue weighted by atomic mass is 9.72. The number of carbonyl (C=O) groups is 2. The molecule has 2 atom stereocenters. The molecule has 0 saturated heterocycles. The molecule has 0 spiro atoms. The molecule has 1 aromatic rings. The molecule has 144 valence electrons. The first-order chi connectivity index (χ1) is 13.1. The van der Waals surface area contributed by atoms with E-state index in [9.17, 15) is 9.59 Å². The van der Waals surface area contributed by atoms with Crippen LogP contribution in [0.2, 0.25) is 0 Å². The van der Waals surface area contributed by atoms with Gasteiger partial charge in [0, 0.05) is 29.3 Å². The number of ketones is 1. The van der Waals surface area contributed by atoms with Crippen LogP contribution in [0.15, 0.2) is 40.5 Å². The van der Waals surface area contributed by atoms with E-state index in [1.807, 2.05) is 31.2 Å². The molecular formula is C22H27NO4. The van der Waals surface area contributed by atoms with Gasteiger partial charge in [-0.1, -0.05) is 25.5 Å². The number of allylic oxidation sites excluding steroid dienone is 2. The van der Waals surface area contributed by atoms with Crippen molar-refractivity contribution in [3.8, 4) is 5.75 Å². The van der Waals surface area contributed by atoms with E-state index in [0.29, 0.717) is 24.4 Å². The van der Waals surface area contributed by atoms with E-state index in [1.165, 1.54) is 0 Å². The Hall–Kier alpha value is -2.43. The number of esters is 1. The summed E-state index contributed by atoms with van der Waals surface area (Å²) in [5, 5.41) is 0. The van der Waals surface area contributed by atoms with Crippen LogP contribution < -0.4 is 4.74 Å². The van der Waals surface area contributed by atoms with Gasteiger partial charge in [-0.15, -0.1) is 0 Å². The van der Waals surface area contributed by atoms with Gasteiger partial charge in [-0.05, 0) is 43.9 Å². The van der Waals surface area contributed by atoms with Crippen LogP contribution in [-0.4, -0.2) is 31.2 Å². The Labute approximate surface area is 160 Å². The second-order valence-electron chi connectivity index (χ2n) is 7.14. The number of carbonyl (C=O) groups excluding carboxylic acids is 2. The van der Waals surface area contributed by atoms with Gasteiger partial charge < -0.3 is 9.47 Å². The van der Waals surface area contributed by atoms with E-state index in [1.54, 1.807) is 7.11 Å². The third kappa shape index (κ3) is 3.97. The lowest BCUT2D eigenvalue weighted by Gasteiger charge is -2.34. The minimum atomic E-state index is -0.574. The molecule has 5 heteroatoms. The zero-order valence-corrected chi connectivity index (χ0v) is 16.3. The molecule has 1 aliphatic heterocycles. The fourth-order valence-corrected chi connectivity index (χ4v) is 3.91. The summed E-state index contributed by atoms with van der Waals surface area (Å²) in [6, 6.07) is 7.61. The number of nitrogens with zero attached hydrogens (tertiary/aromatic N) is 1. The molecule has 0 fully saturated rings. The van der Waals surface area contributed by atoms with Crippen molar-refractivity contribution in [2.75, 3.05) is 13.7 Å². The van der Waals surface area contributed by atoms with Crippen molar-refractivity contribution < 1.29 is 19.1 Å². The molecule has 0 aromatic heterocycles. The van der Waals surface area contributed by atoms with E-state index in [4.69, 9.17) is 9.47 Å². The quantitative estimate of drug-likeness (QED) is 0.556. The SMILES string of the molecule is CCCCOC(=O)C1C(C)=NC2=C(C(=O)CCC2)[C@@H]1c1cccc(OC)c1. The Bertz CT molecular complexity index is 793. The summed E-state index contributed by atoms with van der Waals surface area (Å²) < 4.78 is 10.9. The highest BCUT2D eigenvalue weighted by Crippen LogP contribution is 2.44. The van der Waals surface area contributed by atoms with E-state index in [-0.39, 0.29) is 17.7 Å². The Balaban J connectivity index is 2.05. The zero-order valence-electron chi connectivity index (χ0n) is 16.3. The average molecular weight is 369 g/mol. The molecule has 3 rings (SSSR count). The highest BCUT2D eigenvalue weighted by Gasteiger charge is 2.43. The monoisotopic (exact) mass is 369 g/mol. The molecule has 0 N–H and O–H groups in total. The van der Waals surface area contributed by atoms with Gasteiger partial charge in [-0.3, -0.25) is 14.6 Å². The van der Waals surface area contributed by atoms with Crippen LogP contribution in [0.3, 0.4) is 0 Å². The van der Waals surface area contributed by atoms with Gasteiger partial charge in [-0.2, -0.15) is 0 Å². The van der Waals surface area contributed by atoms with Crippen molar-refractivity contribution in [2.45, 2.75) is 51.9 Å². The first-order valence-electron chi connectivity index (χ1n) is 9.68. The molecule has 1 aliphatic carbocycles. The highest BCUT2D eigenvalue weighted by molar-refractivity contribution is 6.08. The molecule has 27 heavy (non-hydrogen) atoms. The van der Waals surface area contributed by atoms with Crippen LogP contribution in [0.4, 0.5) is 0 Å². The summed E-state index contributed by atoms with van der Waals surface area (Å²) in [4.78, 5) is 30.4. The Morgan fingerprint density at radius 2 is 2.11 bits per heavy atom. The van der Waals surface area contributed by atoms with Crippen LogP contribution in [-0.2, 0) is 14.3 Å². The first-order valence-corrected chi connectivity index (χ1v) is 9.68. The van der Waals surface area contributed by atoms with Crippen molar-refractivity contribution >= 4 is 17.5 Å². The van der Waals surface area contributed by atoms with E-state index < -0.39 is 5.92 Å². The number of Topliss-reactive ketones (excluding diaryl/α,β-unsaturated/α-hetero) is 1. The molecule has 0 saturated carbocycles. The minimum Gasteiger partial charge on any atom is -0.497 e. The van der Waals surface area contributed by atoms with E-state index >= 15 is 0 Å². The number of methoxy groups -OCH3 is 1. The predicted octanol–water partition coefficient (Wildman–Crippen LogP) is 4.22. The van der Waals surface area contributed by atoms with Crippen molar-refractivity contribution in [2.24, 2.45) is 10.9 Å². The summed E-state index contributed by atoms with van der Waals surface area (Å²) in [5.41, 5.74) is 3.12. The molecule has 2 aliphatic rings. The van der Waals surface area contributed by atoms with Crippen molar-refractivity contribution in [3.05, 3.63) is 41.1 Å². The van der Waals surface area contributed by atoms with Crippen molar-refractivity contribution in [3.63, 3.8) is 0 Å². The molecule has 5 nitrogen and oxygen atoms in total. The Kier molecular flexibility index (Phi) is 6.09. The summed E-state index contributed by atoms with van der Waals surface area (Å²) in [7, 11) is 1.61. The fraction of sp³-hybridized carbons (Fsp3) is 0.500. The maximum absolute atomic E-state index is 12.9. The topological polar surface area (TPSA) is 65.0 Å². The van der Waals surface area contributed by atoms with Crippen LogP contribution in [0.5, 0.6) is 5.75 Å². The number of aliphatic imine (C=N–C) groups is 1. The van der Waals surface area contributed by atoms with Crippen molar-refractivity contribution in [1.82, 2.24) is 0 Å². The second kappa shape index (κ2) is 8.51. The van der Waals surface area contributed by atoms with Crippen LogP contribution in [0.1, 0.15) is 57.4 Å². The lowest BCUT2D eigenvalue weighted by molar-refractivity contribution is -0.146. The number of rotatable bonds is 6. The Morgan fingerprint density at radius 1 is 1.30 bits per heavy atom. The summed E-state index contributed by atoms with van der Waals surface area (Å²) >= 11 is 0. The molecule has 1 heterocycles. The standard InChI is InChI=1S/C22H27NO4/c1-4-5-12-27-22(25)19-14(2)23-17-10-7-11-18(24)21(17)20(19)15-8-6-9-16(13-15)26-3/h6,8-9,13,19-20H,4-5,7,10-12H2,1-3H3/t19?,20-/m1/s1. The van der Waals surface area contributed by atoms with Crippen LogP contribution in [0, 0.1) is 5.92 Å². The molecule has 0 amide bonds. The maximum Gasteiger partial charge on any atom is 0.315 e. The van der Waals surface area contributed by atoms with Gasteiger partial charge in [0.2, 0.25) is 0 Å². The molecule has 0 bridgehead atoms. The number of ether oxygens (including phenoxy) is 2. The fourth-order valence-electron chi connectivity index (χ4n) is 3.91. The number of hydrogen-bond donors (Lipinski definition) is 0. The maximum atomic E-state index is 12.9. The zero-order chi connectivity index (χ0) is 19.4. The first kappa shape index (κ1) is 19.3. The highest BCUT2D eigenvalue weighted by atomic mass is 16.5. The van der Waals surface area contributed by atoms with Gasteiger partial charge in [0.1, 0.15) is 11.7 Å². The van der Waals surface area contributed by atoms with Gasteiger partial charge >= 0.3 is 5.97 Å². The predicted molar refractivity (Wildman–Crippen MR) is 104 cm³/mol. The molecule has 1 aromatic carbocycles. The molecule has 0 radical (unpaired) electrons. The van der Waals surface area contributed by atoms with Crippen LogP contribution >= 0.6 is 0 Å². The summed E-state index contributed by atoms with van der Waals surface area (Å²) in [5.74, 6) is -0.449. The number of unbranched alkanes of at least 4 members (excludes halogenated alkanes) is 1. The summed E-state index contributed by atoms with van der Waals surface area (Å²) in [6.45, 7) is 4.31. The average Bonchev–Trinajstić information content (AvgIpc) is 2.67. The lowest BCUT2D eigenvalue weighted by Crippen LogP contribution is -2.37. The third-order valence-corrected chi connectivity index (χ3v) is 5.28. The van der Waals surface area contributed by atoms with Gasteiger partial charge in [0.05, 0.1) is 13.7 Å². The van der Waals surface area contributed by atoms with Gasteiger partial charge in [-0.25, -0.2) is 0 Å². The third-order valence-electron chi connectivity index (χ3n) is 5.28. The molecular weight excluding hydrogens is 342 g/mol. The Morgan fingerprint density at radius 3 is 2.85 bits per heavy atom. The number of hydrogen-bond acceptors (Lipinski definition) is 5. The summed E-state index contributed by atoms with van der Waals surface area (Å²) in [6.07, 6.45) is 3.87. The molecule has 1 unspecified atom stereocenters. The van der Waals surface area contributed by atoms with Gasteiger partial charge in [0.25, 0.3) is 0 Å². The largest absolute Gasteiger partial charge is 0.497 e. The minimum absolute atomic E-state index is 0.0895.